The van der Waals surface area contributed by atoms with Gasteiger partial charge in [-0.2, -0.15) is 5.10 Å². The molecule has 0 amide bonds. The molecule has 0 fully saturated rings. The van der Waals surface area contributed by atoms with Gasteiger partial charge in [0.15, 0.2) is 5.75 Å². The molecular weight excluding hydrogens is 352 g/mol. The quantitative estimate of drug-likeness (QED) is 0.292. The van der Waals surface area contributed by atoms with Crippen LogP contribution in [0.1, 0.15) is 18.2 Å². The van der Waals surface area contributed by atoms with Gasteiger partial charge in [-0.05, 0) is 6.92 Å². The van der Waals surface area contributed by atoms with Crippen LogP contribution in [-0.4, -0.2) is 38.9 Å². The van der Waals surface area contributed by atoms with Crippen molar-refractivity contribution in [3.05, 3.63) is 38.9 Å². The van der Waals surface area contributed by atoms with Crippen LogP contribution in [0.15, 0.2) is 22.6 Å². The van der Waals surface area contributed by atoms with Crippen LogP contribution in [0.5, 0.6) is 11.5 Å². The van der Waals surface area contributed by atoms with Crippen LogP contribution in [0.3, 0.4) is 0 Å². The maximum absolute atomic E-state index is 11.4. The minimum absolute atomic E-state index is 0.0419. The lowest BCUT2D eigenvalue weighted by Gasteiger charge is -2.01. The van der Waals surface area contributed by atoms with Crippen molar-refractivity contribution in [2.24, 2.45) is 5.10 Å². The van der Waals surface area contributed by atoms with Crippen LogP contribution in [0.25, 0.3) is 0 Å². The number of nitrogens with one attached hydrogen (secondary N) is 1. The summed E-state index contributed by atoms with van der Waals surface area (Å²) in [5.41, 5.74) is 2.60. The second kappa shape index (κ2) is 8.06. The summed E-state index contributed by atoms with van der Waals surface area (Å²) in [7, 11) is 0. The Hall–Kier alpha value is -3.21. The van der Waals surface area contributed by atoms with Crippen LogP contribution < -0.4 is 5.43 Å². The van der Waals surface area contributed by atoms with Crippen molar-refractivity contribution >= 4 is 34.3 Å². The minimum atomic E-state index is -0.776. The van der Waals surface area contributed by atoms with Gasteiger partial charge in [-0.1, -0.05) is 0 Å². The highest BCUT2D eigenvalue weighted by Crippen LogP contribution is 2.32. The molecule has 1 aromatic carbocycles. The molecule has 11 heteroatoms. The minimum Gasteiger partial charge on any atom is -0.507 e. The van der Waals surface area contributed by atoms with E-state index in [-0.39, 0.29) is 23.7 Å². The molecule has 10 nitrogen and oxygen atoms in total. The highest BCUT2D eigenvalue weighted by atomic mass is 32.1. The summed E-state index contributed by atoms with van der Waals surface area (Å²) in [5, 5.41) is 35.7. The monoisotopic (exact) mass is 366 g/mol. The molecule has 0 saturated carbocycles. The van der Waals surface area contributed by atoms with Gasteiger partial charge in [0, 0.05) is 23.1 Å². The van der Waals surface area contributed by atoms with Crippen LogP contribution in [-0.2, 0) is 16.0 Å². The van der Waals surface area contributed by atoms with Gasteiger partial charge in [0.05, 0.1) is 29.9 Å². The number of phenolic OH excluding ortho intramolecular Hbond substituents is 2. The Labute approximate surface area is 145 Å². The van der Waals surface area contributed by atoms with Gasteiger partial charge in [0.2, 0.25) is 5.13 Å². The van der Waals surface area contributed by atoms with Gasteiger partial charge in [-0.3, -0.25) is 20.3 Å². The number of phenols is 2. The van der Waals surface area contributed by atoms with E-state index in [1.165, 1.54) is 11.3 Å². The van der Waals surface area contributed by atoms with Crippen molar-refractivity contribution in [1.29, 1.82) is 0 Å². The molecule has 3 N–H and O–H groups in total. The zero-order chi connectivity index (χ0) is 18.4. The summed E-state index contributed by atoms with van der Waals surface area (Å²) in [5.74, 6) is -1.39. The molecule has 2 aromatic rings. The highest BCUT2D eigenvalue weighted by Gasteiger charge is 2.16. The number of thiazole rings is 1. The number of esters is 1. The van der Waals surface area contributed by atoms with Crippen molar-refractivity contribution in [3.8, 4) is 11.5 Å². The Bertz CT molecular complexity index is 820. The SMILES string of the molecule is CCOC(=O)Cc1csc(NN=Cc2cc([N+](=O)[O-])c(O)cc2O)n1. The fraction of sp³-hybridized carbons (Fsp3) is 0.214. The van der Waals surface area contributed by atoms with Gasteiger partial charge < -0.3 is 14.9 Å². The summed E-state index contributed by atoms with van der Waals surface area (Å²) in [6, 6.07) is 1.85. The third kappa shape index (κ3) is 4.88. The number of nitrogens with zero attached hydrogens (tertiary/aromatic N) is 3. The number of benzene rings is 1. The highest BCUT2D eigenvalue weighted by molar-refractivity contribution is 7.13. The average Bonchev–Trinajstić information content (AvgIpc) is 2.96. The molecule has 0 saturated heterocycles. The molecule has 2 rings (SSSR count). The number of ether oxygens (including phenoxy) is 1. The smallest absolute Gasteiger partial charge is 0.311 e. The number of carbonyl (C=O) groups excluding carboxylic acids is 1. The van der Waals surface area contributed by atoms with Gasteiger partial charge in [0.1, 0.15) is 5.75 Å². The van der Waals surface area contributed by atoms with Crippen LogP contribution in [0.2, 0.25) is 0 Å². The lowest BCUT2D eigenvalue weighted by molar-refractivity contribution is -0.385. The fourth-order valence-electron chi connectivity index (χ4n) is 1.79. The standard InChI is InChI=1S/C14H14N4O6S/c1-2-24-13(21)4-9-7-25-14(16-9)17-15-6-8-3-10(18(22)23)12(20)5-11(8)19/h3,5-7,19-20H,2,4H2,1H3,(H,16,17). The Morgan fingerprint density at radius 3 is 2.92 bits per heavy atom. The van der Waals surface area contributed by atoms with Gasteiger partial charge in [-0.15, -0.1) is 11.3 Å². The molecule has 1 heterocycles. The van der Waals surface area contributed by atoms with Crippen LogP contribution in [0, 0.1) is 10.1 Å². The summed E-state index contributed by atoms with van der Waals surface area (Å²) >= 11 is 1.20. The number of hydrazone groups is 1. The first-order chi connectivity index (χ1) is 11.9. The van der Waals surface area contributed by atoms with Gasteiger partial charge in [-0.25, -0.2) is 4.98 Å². The number of nitro benzene ring substituents is 1. The van der Waals surface area contributed by atoms with Crippen molar-refractivity contribution in [2.75, 3.05) is 12.0 Å². The van der Waals surface area contributed by atoms with Gasteiger partial charge >= 0.3 is 11.7 Å². The molecule has 0 aliphatic carbocycles. The van der Waals surface area contributed by atoms with Crippen LogP contribution >= 0.6 is 11.3 Å². The number of hydrogen-bond acceptors (Lipinski definition) is 10. The summed E-state index contributed by atoms with van der Waals surface area (Å²) in [6.07, 6.45) is 1.19. The lowest BCUT2D eigenvalue weighted by atomic mass is 10.2. The lowest BCUT2D eigenvalue weighted by Crippen LogP contribution is -2.07. The van der Waals surface area contributed by atoms with E-state index in [9.17, 15) is 25.1 Å². The van der Waals surface area contributed by atoms with E-state index in [4.69, 9.17) is 4.74 Å². The zero-order valence-corrected chi connectivity index (χ0v) is 13.8. The number of hydrogen-bond donors (Lipinski definition) is 3. The Balaban J connectivity index is 2.04. The molecule has 0 bridgehead atoms. The maximum Gasteiger partial charge on any atom is 0.311 e. The first-order valence-electron chi connectivity index (χ1n) is 7.00. The summed E-state index contributed by atoms with van der Waals surface area (Å²) in [4.78, 5) is 25.5. The molecule has 0 aliphatic heterocycles. The fourth-order valence-corrected chi connectivity index (χ4v) is 2.45. The summed E-state index contributed by atoms with van der Waals surface area (Å²) < 4.78 is 4.82. The first kappa shape index (κ1) is 18.1. The Morgan fingerprint density at radius 2 is 2.24 bits per heavy atom. The van der Waals surface area contributed by atoms with E-state index in [1.807, 2.05) is 0 Å². The Kier molecular flexibility index (Phi) is 5.84. The number of aromatic hydroxyl groups is 2. The first-order valence-corrected chi connectivity index (χ1v) is 7.88. The number of carbonyl (C=O) groups is 1. The number of nitro groups is 1. The van der Waals surface area contributed by atoms with Crippen molar-refractivity contribution < 1.29 is 24.7 Å². The van der Waals surface area contributed by atoms with Crippen LogP contribution in [0.4, 0.5) is 10.8 Å². The third-order valence-electron chi connectivity index (χ3n) is 2.87. The molecule has 132 valence electrons. The Morgan fingerprint density at radius 1 is 1.48 bits per heavy atom. The molecule has 0 radical (unpaired) electrons. The second-order valence-corrected chi connectivity index (χ2v) is 5.51. The average molecular weight is 366 g/mol. The predicted molar refractivity (Wildman–Crippen MR) is 90.1 cm³/mol. The van der Waals surface area contributed by atoms with E-state index < -0.39 is 16.4 Å². The number of aromatic nitrogens is 1. The largest absolute Gasteiger partial charge is 0.507 e. The van der Waals surface area contributed by atoms with E-state index in [0.29, 0.717) is 17.4 Å². The molecule has 0 unspecified atom stereocenters. The van der Waals surface area contributed by atoms with Gasteiger partial charge in [0.25, 0.3) is 0 Å². The van der Waals surface area contributed by atoms with Crippen molar-refractivity contribution in [2.45, 2.75) is 13.3 Å². The van der Waals surface area contributed by atoms with E-state index in [2.05, 4.69) is 15.5 Å². The van der Waals surface area contributed by atoms with E-state index in [1.54, 1.807) is 12.3 Å². The third-order valence-corrected chi connectivity index (χ3v) is 3.66. The predicted octanol–water partition coefficient (Wildman–Crippen LogP) is 2.01. The van der Waals surface area contributed by atoms with E-state index in [0.717, 1.165) is 18.3 Å². The van der Waals surface area contributed by atoms with Crippen molar-refractivity contribution in [1.82, 2.24) is 4.98 Å². The molecule has 1 aromatic heterocycles. The van der Waals surface area contributed by atoms with Crippen molar-refractivity contribution in [3.63, 3.8) is 0 Å². The molecule has 25 heavy (non-hydrogen) atoms. The maximum atomic E-state index is 11.4. The zero-order valence-electron chi connectivity index (χ0n) is 13.0. The molecule has 0 aliphatic rings. The normalized spacial score (nSPS) is 10.8. The topological polar surface area (TPSA) is 147 Å². The number of rotatable bonds is 7. The molecule has 0 spiro atoms. The second-order valence-electron chi connectivity index (χ2n) is 4.65. The van der Waals surface area contributed by atoms with E-state index >= 15 is 0 Å². The number of anilines is 1. The molecule has 0 atom stereocenters. The summed E-state index contributed by atoms with van der Waals surface area (Å²) in [6.45, 7) is 2.00. The molecular formula is C14H14N4O6S.